The van der Waals surface area contributed by atoms with Crippen LogP contribution >= 0.6 is 11.6 Å². The summed E-state index contributed by atoms with van der Waals surface area (Å²) in [7, 11) is 6.14. The zero-order valence-electron chi connectivity index (χ0n) is 8.58. The highest BCUT2D eigenvalue weighted by Gasteiger charge is 2.13. The number of carbonyl (C=O) groups is 1. The maximum atomic E-state index is 8.89. The van der Waals surface area contributed by atoms with E-state index in [1.165, 1.54) is 0 Å². The molecule has 1 N–H and O–H groups in total. The molecule has 5 heteroatoms. The molecule has 0 fully saturated rings. The van der Waals surface area contributed by atoms with Crippen LogP contribution in [-0.4, -0.2) is 55.2 Å². The summed E-state index contributed by atoms with van der Waals surface area (Å²) in [5, 5.41) is 17.3. The van der Waals surface area contributed by atoms with Crippen LogP contribution < -0.4 is 5.11 Å². The van der Waals surface area contributed by atoms with E-state index in [1.807, 2.05) is 21.1 Å². The van der Waals surface area contributed by atoms with E-state index in [4.69, 9.17) is 26.6 Å². The third-order valence-electron chi connectivity index (χ3n) is 0.944. The number of hydrogen-bond acceptors (Lipinski definition) is 3. The van der Waals surface area contributed by atoms with Crippen molar-refractivity contribution < 1.29 is 19.5 Å². The average molecular weight is 212 g/mol. The van der Waals surface area contributed by atoms with Gasteiger partial charge in [0.15, 0.2) is 0 Å². The number of carboxylic acids is 1. The summed E-state index contributed by atoms with van der Waals surface area (Å²) in [6, 6.07) is 0. The molecule has 13 heavy (non-hydrogen) atoms. The summed E-state index contributed by atoms with van der Waals surface area (Å²) in [4.78, 5) is 8.89. The Balaban J connectivity index is 0. The van der Waals surface area contributed by atoms with E-state index in [9.17, 15) is 0 Å². The minimum absolute atomic E-state index is 0.0665. The maximum absolute atomic E-state index is 8.89. The number of aliphatic hydroxyl groups excluding tert-OH is 1. The molecule has 4 nitrogen and oxygen atoms in total. The van der Waals surface area contributed by atoms with Crippen molar-refractivity contribution in [3.63, 3.8) is 0 Å². The Hall–Kier alpha value is -0.320. The number of carboxylic acid groups (broad SMARTS) is 1. The van der Waals surface area contributed by atoms with Gasteiger partial charge in [-0.3, -0.25) is 0 Å². The van der Waals surface area contributed by atoms with Crippen LogP contribution in [0, 0.1) is 0 Å². The molecule has 0 aromatic rings. The summed E-state index contributed by atoms with van der Waals surface area (Å²) in [6.45, 7) is 1.84. The molecular formula is C8H18ClNO3. The summed E-state index contributed by atoms with van der Waals surface area (Å²) < 4.78 is 0.800. The second kappa shape index (κ2) is 7.12. The van der Waals surface area contributed by atoms with E-state index in [2.05, 4.69) is 0 Å². The number of aliphatic carboxylic acids is 1. The third kappa shape index (κ3) is 24.5. The van der Waals surface area contributed by atoms with Crippen molar-refractivity contribution in [2.45, 2.75) is 12.3 Å². The largest absolute Gasteiger partial charge is 0.550 e. The van der Waals surface area contributed by atoms with Crippen molar-refractivity contribution in [1.82, 2.24) is 0 Å². The van der Waals surface area contributed by atoms with Gasteiger partial charge in [0.1, 0.15) is 5.38 Å². The molecule has 1 unspecified atom stereocenters. The van der Waals surface area contributed by atoms with Crippen LogP contribution in [0.15, 0.2) is 0 Å². The fourth-order valence-electron chi connectivity index (χ4n) is 0.652. The molecule has 0 saturated heterocycles. The molecule has 1 atom stereocenters. The molecule has 0 aliphatic heterocycles. The first-order chi connectivity index (χ1) is 5.69. The van der Waals surface area contributed by atoms with Crippen LogP contribution in [0.5, 0.6) is 0 Å². The molecule has 0 rings (SSSR count). The number of rotatable bonds is 3. The van der Waals surface area contributed by atoms with E-state index in [0.29, 0.717) is 0 Å². The van der Waals surface area contributed by atoms with Crippen LogP contribution in [0.1, 0.15) is 6.92 Å². The van der Waals surface area contributed by atoms with Crippen molar-refractivity contribution in [3.8, 4) is 0 Å². The van der Waals surface area contributed by atoms with Crippen LogP contribution in [0.4, 0.5) is 0 Å². The van der Waals surface area contributed by atoms with Crippen LogP contribution in [0.2, 0.25) is 0 Å². The molecule has 0 spiro atoms. The summed E-state index contributed by atoms with van der Waals surface area (Å²) in [6.07, 6.45) is 0. The van der Waals surface area contributed by atoms with Gasteiger partial charge in [0.05, 0.1) is 34.3 Å². The van der Waals surface area contributed by atoms with Crippen LogP contribution in [0.25, 0.3) is 0 Å². The average Bonchev–Trinajstić information content (AvgIpc) is 1.82. The van der Waals surface area contributed by atoms with E-state index in [1.54, 1.807) is 0 Å². The Morgan fingerprint density at radius 1 is 1.54 bits per heavy atom. The predicted octanol–water partition coefficient (Wildman–Crippen LogP) is -0.951. The lowest BCUT2D eigenvalue weighted by atomic mass is 10.4. The highest BCUT2D eigenvalue weighted by Crippen LogP contribution is 2.00. The Morgan fingerprint density at radius 3 is 1.92 bits per heavy atom. The van der Waals surface area contributed by atoms with Crippen molar-refractivity contribution in [2.24, 2.45) is 0 Å². The van der Waals surface area contributed by atoms with Gasteiger partial charge in [-0.1, -0.05) is 0 Å². The smallest absolute Gasteiger partial charge is 0.106 e. The molecule has 0 saturated carbocycles. The number of nitrogens with zero attached hydrogens (tertiary/aromatic N) is 1. The van der Waals surface area contributed by atoms with Gasteiger partial charge in [0.2, 0.25) is 0 Å². The SMILES string of the molecule is CC(=O)[O-].C[N+](C)(C)CC(Cl)CO. The first-order valence-corrected chi connectivity index (χ1v) is 4.35. The number of carbonyl (C=O) groups excluding carboxylic acids is 1. The number of quaternary nitrogens is 1. The lowest BCUT2D eigenvalue weighted by Gasteiger charge is -2.25. The lowest BCUT2D eigenvalue weighted by molar-refractivity contribution is -0.870. The molecule has 0 radical (unpaired) electrons. The normalized spacial score (nSPS) is 12.8. The Kier molecular flexibility index (Phi) is 8.30. The predicted molar refractivity (Wildman–Crippen MR) is 50.3 cm³/mol. The summed E-state index contributed by atoms with van der Waals surface area (Å²) in [5.74, 6) is -1.08. The van der Waals surface area contributed by atoms with Crippen molar-refractivity contribution in [1.29, 1.82) is 0 Å². The Morgan fingerprint density at radius 2 is 1.85 bits per heavy atom. The Labute approximate surface area is 84.3 Å². The minimum Gasteiger partial charge on any atom is -0.550 e. The zero-order chi connectivity index (χ0) is 11.1. The van der Waals surface area contributed by atoms with Gasteiger partial charge in [-0.2, -0.15) is 0 Å². The minimum atomic E-state index is -1.08. The molecule has 0 aliphatic carbocycles. The van der Waals surface area contributed by atoms with E-state index in [0.717, 1.165) is 18.0 Å². The van der Waals surface area contributed by atoms with Gasteiger partial charge in [0.25, 0.3) is 0 Å². The quantitative estimate of drug-likeness (QED) is 0.484. The Bertz CT molecular complexity index is 141. The number of hydrogen-bond donors (Lipinski definition) is 1. The first-order valence-electron chi connectivity index (χ1n) is 3.92. The van der Waals surface area contributed by atoms with Crippen LogP contribution in [-0.2, 0) is 4.79 Å². The molecule has 0 aromatic heterocycles. The maximum Gasteiger partial charge on any atom is 0.106 e. The molecule has 0 bridgehead atoms. The van der Waals surface area contributed by atoms with Crippen molar-refractivity contribution in [2.75, 3.05) is 34.3 Å². The van der Waals surface area contributed by atoms with E-state index >= 15 is 0 Å². The van der Waals surface area contributed by atoms with Crippen LogP contribution in [0.3, 0.4) is 0 Å². The first kappa shape index (κ1) is 15.2. The molecule has 80 valence electrons. The summed E-state index contributed by atoms with van der Waals surface area (Å²) in [5.41, 5.74) is 0. The van der Waals surface area contributed by atoms with E-state index in [-0.39, 0.29) is 12.0 Å². The second-order valence-electron chi connectivity index (χ2n) is 3.74. The zero-order valence-corrected chi connectivity index (χ0v) is 9.34. The van der Waals surface area contributed by atoms with Gasteiger partial charge in [-0.05, 0) is 6.92 Å². The van der Waals surface area contributed by atoms with Gasteiger partial charge in [-0.25, -0.2) is 0 Å². The summed E-state index contributed by atoms with van der Waals surface area (Å²) >= 11 is 5.68. The van der Waals surface area contributed by atoms with Gasteiger partial charge in [-0.15, -0.1) is 11.6 Å². The number of aliphatic hydroxyl groups is 1. The molecular weight excluding hydrogens is 194 g/mol. The fourth-order valence-corrected chi connectivity index (χ4v) is 1.07. The molecule has 0 aromatic carbocycles. The van der Waals surface area contributed by atoms with Crippen molar-refractivity contribution in [3.05, 3.63) is 0 Å². The topological polar surface area (TPSA) is 60.4 Å². The number of halogens is 1. The van der Waals surface area contributed by atoms with E-state index < -0.39 is 5.97 Å². The highest BCUT2D eigenvalue weighted by atomic mass is 35.5. The second-order valence-corrected chi connectivity index (χ2v) is 4.36. The molecule has 0 amide bonds. The standard InChI is InChI=1S/C6H15ClNO.C2H4O2/c1-8(2,3)4-6(7)5-9;1-2(3)4/h6,9H,4-5H2,1-3H3;1H3,(H,3,4)/q+1;/p-1. The lowest BCUT2D eigenvalue weighted by Crippen LogP contribution is -2.40. The van der Waals surface area contributed by atoms with Gasteiger partial charge < -0.3 is 19.5 Å². The fraction of sp³-hybridized carbons (Fsp3) is 0.875. The van der Waals surface area contributed by atoms with Gasteiger partial charge >= 0.3 is 0 Å². The monoisotopic (exact) mass is 211 g/mol. The molecule has 0 heterocycles. The highest BCUT2D eigenvalue weighted by molar-refractivity contribution is 6.20. The number of alkyl halides is 1. The molecule has 0 aliphatic rings. The third-order valence-corrected chi connectivity index (χ3v) is 1.22. The van der Waals surface area contributed by atoms with Crippen molar-refractivity contribution >= 4 is 17.6 Å². The van der Waals surface area contributed by atoms with Gasteiger partial charge in [0, 0.05) is 5.97 Å².